The predicted molar refractivity (Wildman–Crippen MR) is 88.2 cm³/mol. The fourth-order valence-corrected chi connectivity index (χ4v) is 3.06. The Kier molecular flexibility index (Phi) is 5.20. The van der Waals surface area contributed by atoms with Crippen molar-refractivity contribution in [3.05, 3.63) is 59.7 Å². The van der Waals surface area contributed by atoms with Crippen molar-refractivity contribution in [3.8, 4) is 0 Å². The van der Waals surface area contributed by atoms with Crippen LogP contribution in [0.3, 0.4) is 0 Å². The Morgan fingerprint density at radius 2 is 1.58 bits per heavy atom. The largest absolute Gasteiger partial charge is 0.481 e. The Balaban J connectivity index is 2.12. The van der Waals surface area contributed by atoms with Gasteiger partial charge in [0.05, 0.1) is 4.90 Å². The van der Waals surface area contributed by atoms with Crippen molar-refractivity contribution in [2.75, 3.05) is 4.72 Å². The van der Waals surface area contributed by atoms with Gasteiger partial charge in [0, 0.05) is 17.7 Å². The van der Waals surface area contributed by atoms with Crippen molar-refractivity contribution in [2.45, 2.75) is 17.7 Å². The number of amides is 1. The molecule has 2 rings (SSSR count). The number of aliphatic carboxylic acids is 1. The Labute approximate surface area is 139 Å². The lowest BCUT2D eigenvalue weighted by Crippen LogP contribution is -2.14. The highest BCUT2D eigenvalue weighted by atomic mass is 32.2. The molecule has 8 heteroatoms. The van der Waals surface area contributed by atoms with E-state index in [4.69, 9.17) is 10.8 Å². The molecule has 2 aromatic carbocycles. The first-order chi connectivity index (χ1) is 11.3. The number of carbonyl (C=O) groups is 2. The second kappa shape index (κ2) is 7.14. The molecule has 7 nitrogen and oxygen atoms in total. The van der Waals surface area contributed by atoms with Gasteiger partial charge < -0.3 is 10.8 Å². The van der Waals surface area contributed by atoms with Crippen LogP contribution in [0.5, 0.6) is 0 Å². The maximum absolute atomic E-state index is 12.3. The van der Waals surface area contributed by atoms with Crippen molar-refractivity contribution < 1.29 is 23.1 Å². The van der Waals surface area contributed by atoms with Gasteiger partial charge in [0.1, 0.15) is 0 Å². The molecule has 0 fully saturated rings. The number of rotatable bonds is 7. The van der Waals surface area contributed by atoms with Gasteiger partial charge in [-0.15, -0.1) is 0 Å². The summed E-state index contributed by atoms with van der Waals surface area (Å²) in [6.07, 6.45) is 0.314. The molecule has 2 aromatic rings. The first-order valence-corrected chi connectivity index (χ1v) is 8.50. The Morgan fingerprint density at radius 3 is 2.08 bits per heavy atom. The monoisotopic (exact) mass is 348 g/mol. The van der Waals surface area contributed by atoms with Crippen LogP contribution in [0.1, 0.15) is 22.3 Å². The number of aryl methyl sites for hydroxylation is 1. The summed E-state index contributed by atoms with van der Waals surface area (Å²) < 4.78 is 27.0. The van der Waals surface area contributed by atoms with Crippen LogP contribution in [0.4, 0.5) is 5.69 Å². The third-order valence-corrected chi connectivity index (χ3v) is 4.68. The van der Waals surface area contributed by atoms with E-state index in [1.807, 2.05) is 0 Å². The number of anilines is 1. The number of carboxylic acid groups (broad SMARTS) is 1. The quantitative estimate of drug-likeness (QED) is 0.700. The molecule has 0 heterocycles. The molecule has 0 aliphatic heterocycles. The van der Waals surface area contributed by atoms with Gasteiger partial charge in [-0.3, -0.25) is 14.3 Å². The molecular formula is C16H16N2O5S. The highest BCUT2D eigenvalue weighted by Crippen LogP contribution is 2.17. The zero-order chi connectivity index (χ0) is 17.7. The van der Waals surface area contributed by atoms with E-state index in [-0.39, 0.29) is 16.9 Å². The van der Waals surface area contributed by atoms with E-state index in [1.165, 1.54) is 36.4 Å². The van der Waals surface area contributed by atoms with Crippen LogP contribution in [-0.4, -0.2) is 25.4 Å². The van der Waals surface area contributed by atoms with E-state index in [0.717, 1.165) is 5.56 Å². The van der Waals surface area contributed by atoms with Gasteiger partial charge in [-0.25, -0.2) is 8.42 Å². The fourth-order valence-electron chi connectivity index (χ4n) is 2.00. The number of carboxylic acids is 1. The second-order valence-corrected chi connectivity index (χ2v) is 6.77. The lowest BCUT2D eigenvalue weighted by atomic mass is 10.1. The molecule has 4 N–H and O–H groups in total. The molecule has 0 saturated heterocycles. The van der Waals surface area contributed by atoms with Crippen LogP contribution < -0.4 is 10.5 Å². The molecule has 0 spiro atoms. The summed E-state index contributed by atoms with van der Waals surface area (Å²) in [7, 11) is -3.78. The van der Waals surface area contributed by atoms with Crippen LogP contribution in [-0.2, 0) is 21.2 Å². The zero-order valence-corrected chi connectivity index (χ0v) is 13.4. The maximum atomic E-state index is 12.3. The van der Waals surface area contributed by atoms with Crippen molar-refractivity contribution in [1.82, 2.24) is 0 Å². The van der Waals surface area contributed by atoms with Gasteiger partial charge in [-0.05, 0) is 48.4 Å². The van der Waals surface area contributed by atoms with Crippen LogP contribution in [0.25, 0.3) is 0 Å². The molecule has 0 bridgehead atoms. The third-order valence-electron chi connectivity index (χ3n) is 3.28. The van der Waals surface area contributed by atoms with Crippen molar-refractivity contribution in [3.63, 3.8) is 0 Å². The van der Waals surface area contributed by atoms with E-state index in [9.17, 15) is 18.0 Å². The average molecular weight is 348 g/mol. The molecule has 0 unspecified atom stereocenters. The Bertz CT molecular complexity index is 843. The van der Waals surface area contributed by atoms with Gasteiger partial charge in [0.2, 0.25) is 5.91 Å². The molecular weight excluding hydrogens is 332 g/mol. The van der Waals surface area contributed by atoms with Gasteiger partial charge >= 0.3 is 5.97 Å². The van der Waals surface area contributed by atoms with Gasteiger partial charge in [-0.2, -0.15) is 0 Å². The maximum Gasteiger partial charge on any atom is 0.303 e. The Morgan fingerprint density at radius 1 is 1.00 bits per heavy atom. The molecule has 0 radical (unpaired) electrons. The number of nitrogens with two attached hydrogens (primary N) is 1. The number of carbonyl (C=O) groups excluding carboxylic acids is 1. The first kappa shape index (κ1) is 17.5. The van der Waals surface area contributed by atoms with Crippen molar-refractivity contribution >= 4 is 27.6 Å². The van der Waals surface area contributed by atoms with E-state index >= 15 is 0 Å². The number of sulfonamides is 1. The number of primary amides is 1. The van der Waals surface area contributed by atoms with Crippen molar-refractivity contribution in [1.29, 1.82) is 0 Å². The van der Waals surface area contributed by atoms with Crippen LogP contribution in [0, 0.1) is 0 Å². The molecule has 0 atom stereocenters. The van der Waals surface area contributed by atoms with E-state index in [1.54, 1.807) is 12.1 Å². The highest BCUT2D eigenvalue weighted by Gasteiger charge is 2.14. The third kappa shape index (κ3) is 4.56. The minimum absolute atomic E-state index is 0.0173. The van der Waals surface area contributed by atoms with Crippen LogP contribution in [0.15, 0.2) is 53.4 Å². The molecule has 0 saturated carbocycles. The number of nitrogens with one attached hydrogen (secondary N) is 1. The molecule has 24 heavy (non-hydrogen) atoms. The summed E-state index contributed by atoms with van der Waals surface area (Å²) >= 11 is 0. The number of benzene rings is 2. The van der Waals surface area contributed by atoms with E-state index in [0.29, 0.717) is 12.1 Å². The minimum atomic E-state index is -3.78. The Hall–Kier alpha value is -2.87. The van der Waals surface area contributed by atoms with E-state index < -0.39 is 21.9 Å². The molecule has 0 aromatic heterocycles. The topological polar surface area (TPSA) is 127 Å². The summed E-state index contributed by atoms with van der Waals surface area (Å²) in [4.78, 5) is 21.6. The lowest BCUT2D eigenvalue weighted by molar-refractivity contribution is -0.136. The first-order valence-electron chi connectivity index (χ1n) is 7.01. The average Bonchev–Trinajstić information content (AvgIpc) is 2.53. The summed E-state index contributed by atoms with van der Waals surface area (Å²) in [6.45, 7) is 0. The normalized spacial score (nSPS) is 11.0. The molecule has 1 amide bonds. The fraction of sp³-hybridized carbons (Fsp3) is 0.125. The highest BCUT2D eigenvalue weighted by molar-refractivity contribution is 7.92. The van der Waals surface area contributed by atoms with Crippen LogP contribution in [0.2, 0.25) is 0 Å². The van der Waals surface area contributed by atoms with Gasteiger partial charge in [0.15, 0.2) is 0 Å². The minimum Gasteiger partial charge on any atom is -0.481 e. The number of hydrogen-bond acceptors (Lipinski definition) is 4. The van der Waals surface area contributed by atoms with Crippen molar-refractivity contribution in [2.24, 2.45) is 5.73 Å². The summed E-state index contributed by atoms with van der Waals surface area (Å²) in [5.74, 6) is -1.51. The smallest absolute Gasteiger partial charge is 0.303 e. The second-order valence-electron chi connectivity index (χ2n) is 5.08. The summed E-state index contributed by atoms with van der Waals surface area (Å²) in [5.41, 5.74) is 6.44. The zero-order valence-electron chi connectivity index (χ0n) is 12.6. The summed E-state index contributed by atoms with van der Waals surface area (Å²) in [5, 5.41) is 8.64. The SMILES string of the molecule is NC(=O)c1ccc(NS(=O)(=O)c2ccc(CCC(=O)O)cc2)cc1. The summed E-state index contributed by atoms with van der Waals surface area (Å²) in [6, 6.07) is 11.7. The van der Waals surface area contributed by atoms with Gasteiger partial charge in [0.25, 0.3) is 10.0 Å². The molecule has 0 aliphatic rings. The molecule has 0 aliphatic carbocycles. The number of hydrogen-bond donors (Lipinski definition) is 3. The van der Waals surface area contributed by atoms with Gasteiger partial charge in [-0.1, -0.05) is 12.1 Å². The van der Waals surface area contributed by atoms with E-state index in [2.05, 4.69) is 4.72 Å². The standard InChI is InChI=1S/C16H16N2O5S/c17-16(21)12-4-6-13(7-5-12)18-24(22,23)14-8-1-11(2-9-14)3-10-15(19)20/h1-2,4-9,18H,3,10H2,(H2,17,21)(H,19,20). The van der Waals surface area contributed by atoms with Crippen LogP contribution >= 0.6 is 0 Å². The lowest BCUT2D eigenvalue weighted by Gasteiger charge is -2.09. The molecule has 126 valence electrons. The predicted octanol–water partition coefficient (Wildman–Crippen LogP) is 1.60.